The molecule has 0 aliphatic rings. The summed E-state index contributed by atoms with van der Waals surface area (Å²) < 4.78 is 16.4. The van der Waals surface area contributed by atoms with Gasteiger partial charge in [0.15, 0.2) is 5.78 Å². The number of benzene rings is 2. The number of nitrogens with one attached hydrogen (secondary N) is 1. The Hall–Kier alpha value is -2.37. The Morgan fingerprint density at radius 3 is 2.23 bits per heavy atom. The summed E-state index contributed by atoms with van der Waals surface area (Å²) in [5, 5.41) is 3.42. The van der Waals surface area contributed by atoms with Gasteiger partial charge in [-0.1, -0.05) is 30.3 Å². The molecule has 0 amide bonds. The number of hydrogen-bond donors (Lipinski definition) is 1. The van der Waals surface area contributed by atoms with E-state index >= 15 is 0 Å². The lowest BCUT2D eigenvalue weighted by Gasteiger charge is -2.18. The molecule has 1 unspecified atom stereocenters. The van der Waals surface area contributed by atoms with Crippen molar-refractivity contribution in [3.63, 3.8) is 0 Å². The fourth-order valence-corrected chi connectivity index (χ4v) is 2.76. The van der Waals surface area contributed by atoms with Gasteiger partial charge in [-0.15, -0.1) is 0 Å². The van der Waals surface area contributed by atoms with Crippen molar-refractivity contribution in [1.29, 1.82) is 0 Å². The molecule has 0 fully saturated rings. The van der Waals surface area contributed by atoms with Crippen LogP contribution in [0.1, 0.15) is 41.4 Å². The highest BCUT2D eigenvalue weighted by molar-refractivity contribution is 5.99. The molecule has 140 valence electrons. The number of carbonyl (C=O) groups is 1. The summed E-state index contributed by atoms with van der Waals surface area (Å²) in [5.41, 5.74) is 2.62. The summed E-state index contributed by atoms with van der Waals surface area (Å²) in [6.07, 6.45) is 0. The molecule has 0 aliphatic carbocycles. The van der Waals surface area contributed by atoms with Crippen molar-refractivity contribution in [3.05, 3.63) is 59.2 Å². The molecular formula is C21H27NO4. The Balaban J connectivity index is 1.92. The van der Waals surface area contributed by atoms with E-state index in [1.54, 1.807) is 14.2 Å². The van der Waals surface area contributed by atoms with Crippen molar-refractivity contribution >= 4 is 5.78 Å². The second kappa shape index (κ2) is 9.94. The van der Waals surface area contributed by atoms with Crippen LogP contribution in [-0.4, -0.2) is 33.2 Å². The zero-order valence-electron chi connectivity index (χ0n) is 15.9. The largest absolute Gasteiger partial charge is 0.496 e. The van der Waals surface area contributed by atoms with Gasteiger partial charge in [0.2, 0.25) is 0 Å². The SMILES string of the molecule is COc1cc(C(C)NCCOCc2ccccc2)cc(OC)c1C(C)=O. The predicted octanol–water partition coefficient (Wildman–Crippen LogP) is 3.77. The minimum absolute atomic E-state index is 0.0686. The van der Waals surface area contributed by atoms with Gasteiger partial charge < -0.3 is 19.5 Å². The van der Waals surface area contributed by atoms with Gasteiger partial charge in [-0.05, 0) is 37.1 Å². The summed E-state index contributed by atoms with van der Waals surface area (Å²) >= 11 is 0. The summed E-state index contributed by atoms with van der Waals surface area (Å²) in [6, 6.07) is 13.9. The van der Waals surface area contributed by atoms with Gasteiger partial charge in [0, 0.05) is 12.6 Å². The predicted molar refractivity (Wildman–Crippen MR) is 102 cm³/mol. The van der Waals surface area contributed by atoms with Gasteiger partial charge in [-0.2, -0.15) is 0 Å². The number of ketones is 1. The average molecular weight is 357 g/mol. The molecule has 1 N–H and O–H groups in total. The molecular weight excluding hydrogens is 330 g/mol. The number of methoxy groups -OCH3 is 2. The van der Waals surface area contributed by atoms with Gasteiger partial charge in [0.05, 0.1) is 27.4 Å². The normalized spacial score (nSPS) is 11.8. The van der Waals surface area contributed by atoms with E-state index in [0.717, 1.165) is 11.1 Å². The first-order valence-corrected chi connectivity index (χ1v) is 8.68. The molecule has 2 rings (SSSR count). The van der Waals surface area contributed by atoms with Crippen molar-refractivity contribution in [3.8, 4) is 11.5 Å². The maximum atomic E-state index is 11.9. The topological polar surface area (TPSA) is 56.8 Å². The van der Waals surface area contributed by atoms with E-state index < -0.39 is 0 Å². The van der Waals surface area contributed by atoms with Crippen molar-refractivity contribution < 1.29 is 19.0 Å². The second-order valence-corrected chi connectivity index (χ2v) is 6.07. The molecule has 0 spiro atoms. The van der Waals surface area contributed by atoms with Gasteiger partial charge >= 0.3 is 0 Å². The third-order valence-corrected chi connectivity index (χ3v) is 4.19. The number of rotatable bonds is 10. The molecule has 0 bridgehead atoms. The summed E-state index contributed by atoms with van der Waals surface area (Å²) in [7, 11) is 3.11. The lowest BCUT2D eigenvalue weighted by Crippen LogP contribution is -2.23. The van der Waals surface area contributed by atoms with Crippen LogP contribution in [0.4, 0.5) is 0 Å². The Kier molecular flexibility index (Phi) is 7.63. The molecule has 5 heteroatoms. The van der Waals surface area contributed by atoms with Crippen LogP contribution in [0.2, 0.25) is 0 Å². The van der Waals surface area contributed by atoms with Crippen LogP contribution in [0.25, 0.3) is 0 Å². The van der Waals surface area contributed by atoms with Crippen LogP contribution < -0.4 is 14.8 Å². The molecule has 5 nitrogen and oxygen atoms in total. The van der Waals surface area contributed by atoms with Crippen LogP contribution in [0, 0.1) is 0 Å². The molecule has 0 saturated carbocycles. The van der Waals surface area contributed by atoms with Crippen LogP contribution >= 0.6 is 0 Å². The Bertz CT molecular complexity index is 690. The number of Topliss-reactive ketones (excluding diaryl/α,β-unsaturated/α-hetero) is 1. The summed E-state index contributed by atoms with van der Waals surface area (Å²) in [6.45, 7) is 5.49. The monoisotopic (exact) mass is 357 g/mol. The zero-order chi connectivity index (χ0) is 18.9. The fourth-order valence-electron chi connectivity index (χ4n) is 2.76. The van der Waals surface area contributed by atoms with E-state index in [4.69, 9.17) is 14.2 Å². The lowest BCUT2D eigenvalue weighted by molar-refractivity contribution is 0.101. The Labute approximate surface area is 155 Å². The van der Waals surface area contributed by atoms with Gasteiger partial charge in [-0.3, -0.25) is 4.79 Å². The van der Waals surface area contributed by atoms with Crippen molar-refractivity contribution in [2.45, 2.75) is 26.5 Å². The molecule has 1 atom stereocenters. The van der Waals surface area contributed by atoms with Gasteiger partial charge in [0.1, 0.15) is 17.1 Å². The first kappa shape index (κ1) is 19.9. The van der Waals surface area contributed by atoms with Gasteiger partial charge in [0.25, 0.3) is 0 Å². The molecule has 0 saturated heterocycles. The maximum absolute atomic E-state index is 11.9. The van der Waals surface area contributed by atoms with Crippen LogP contribution in [0.15, 0.2) is 42.5 Å². The van der Waals surface area contributed by atoms with Crippen molar-refractivity contribution in [2.75, 3.05) is 27.4 Å². The quantitative estimate of drug-likeness (QED) is 0.518. The van der Waals surface area contributed by atoms with E-state index in [1.807, 2.05) is 42.5 Å². The number of ether oxygens (including phenoxy) is 3. The lowest BCUT2D eigenvalue weighted by atomic mass is 10.0. The third-order valence-electron chi connectivity index (χ3n) is 4.19. The molecule has 0 heterocycles. The standard InChI is InChI=1S/C21H27NO4/c1-15(22-10-11-26-14-17-8-6-5-7-9-17)18-12-19(24-3)21(16(2)23)20(13-18)25-4/h5-9,12-13,15,22H,10-11,14H2,1-4H3. The van der Waals surface area contributed by atoms with E-state index in [-0.39, 0.29) is 11.8 Å². The van der Waals surface area contributed by atoms with Crippen LogP contribution in [-0.2, 0) is 11.3 Å². The van der Waals surface area contributed by atoms with Crippen LogP contribution in [0.3, 0.4) is 0 Å². The van der Waals surface area contributed by atoms with Gasteiger partial charge in [-0.25, -0.2) is 0 Å². The Morgan fingerprint density at radius 1 is 1.08 bits per heavy atom. The number of carbonyl (C=O) groups excluding carboxylic acids is 1. The first-order chi connectivity index (χ1) is 12.6. The highest BCUT2D eigenvalue weighted by Gasteiger charge is 2.18. The van der Waals surface area contributed by atoms with E-state index in [9.17, 15) is 4.79 Å². The molecule has 0 aromatic heterocycles. The van der Waals surface area contributed by atoms with E-state index in [0.29, 0.717) is 36.8 Å². The molecule has 0 aliphatic heterocycles. The summed E-state index contributed by atoms with van der Waals surface area (Å²) in [5.74, 6) is 0.974. The van der Waals surface area contributed by atoms with Crippen LogP contribution in [0.5, 0.6) is 11.5 Å². The Morgan fingerprint density at radius 2 is 1.69 bits per heavy atom. The maximum Gasteiger partial charge on any atom is 0.167 e. The first-order valence-electron chi connectivity index (χ1n) is 8.68. The van der Waals surface area contributed by atoms with Crippen molar-refractivity contribution in [2.24, 2.45) is 0 Å². The number of hydrogen-bond acceptors (Lipinski definition) is 5. The van der Waals surface area contributed by atoms with Crippen molar-refractivity contribution in [1.82, 2.24) is 5.32 Å². The smallest absolute Gasteiger partial charge is 0.167 e. The third kappa shape index (κ3) is 5.31. The molecule has 26 heavy (non-hydrogen) atoms. The molecule has 0 radical (unpaired) electrons. The molecule has 2 aromatic carbocycles. The fraction of sp³-hybridized carbons (Fsp3) is 0.381. The average Bonchev–Trinajstić information content (AvgIpc) is 2.66. The molecule has 2 aromatic rings. The minimum Gasteiger partial charge on any atom is -0.496 e. The minimum atomic E-state index is -0.0832. The van der Waals surface area contributed by atoms with E-state index in [2.05, 4.69) is 12.2 Å². The summed E-state index contributed by atoms with van der Waals surface area (Å²) in [4.78, 5) is 11.9. The zero-order valence-corrected chi connectivity index (χ0v) is 15.9. The van der Waals surface area contributed by atoms with E-state index in [1.165, 1.54) is 6.92 Å². The second-order valence-electron chi connectivity index (χ2n) is 6.07. The highest BCUT2D eigenvalue weighted by Crippen LogP contribution is 2.33. The highest BCUT2D eigenvalue weighted by atomic mass is 16.5.